The summed E-state index contributed by atoms with van der Waals surface area (Å²) in [5.74, 6) is 1.23. The fourth-order valence-corrected chi connectivity index (χ4v) is 8.91. The third-order valence-electron chi connectivity index (χ3n) is 12.0. The molecule has 2 aromatic rings. The molecule has 1 aromatic heterocycles. The lowest BCUT2D eigenvalue weighted by molar-refractivity contribution is -0.856. The van der Waals surface area contributed by atoms with Crippen molar-refractivity contribution in [2.24, 2.45) is 15.9 Å². The van der Waals surface area contributed by atoms with Crippen LogP contribution in [0.1, 0.15) is 50.4 Å². The SMILES string of the molecule is Cc1cc(=O)c2cc3c(c([NH+]4C=C5N=CC=C5C4)c2o1)OC(C)(C1CCCCC1)C(OOCC(O)C(O)(C[NH+]1CC=C2N=CC=C21)C(O)C(O)CO)C3. The highest BCUT2D eigenvalue weighted by molar-refractivity contribution is 5.90. The summed E-state index contributed by atoms with van der Waals surface area (Å²) in [5, 5.41) is 54.8. The number of quaternary nitrogens is 2. The molecular weight excluding hydrogens is 684 g/mol. The van der Waals surface area contributed by atoms with E-state index in [1.165, 1.54) is 6.07 Å². The molecule has 14 nitrogen and oxygen atoms in total. The van der Waals surface area contributed by atoms with Gasteiger partial charge in [0.2, 0.25) is 11.3 Å². The van der Waals surface area contributed by atoms with Crippen molar-refractivity contribution in [2.75, 3.05) is 32.8 Å². The Morgan fingerprint density at radius 3 is 2.64 bits per heavy atom. The Kier molecular flexibility index (Phi) is 9.62. The van der Waals surface area contributed by atoms with E-state index in [4.69, 9.17) is 18.9 Å². The molecule has 53 heavy (non-hydrogen) atoms. The fourth-order valence-electron chi connectivity index (χ4n) is 8.91. The van der Waals surface area contributed by atoms with Gasteiger partial charge in [0.05, 0.1) is 12.0 Å². The van der Waals surface area contributed by atoms with Crippen LogP contribution in [0.3, 0.4) is 0 Å². The Bertz CT molecular complexity index is 2030. The molecule has 5 aliphatic heterocycles. The maximum atomic E-state index is 13.4. The van der Waals surface area contributed by atoms with Crippen LogP contribution >= 0.6 is 0 Å². The van der Waals surface area contributed by atoms with Crippen LogP contribution in [0.5, 0.6) is 5.75 Å². The summed E-state index contributed by atoms with van der Waals surface area (Å²) in [6.45, 7) is 3.24. The number of hydrogen-bond acceptors (Lipinski definition) is 12. The number of aryl methyl sites for hydroxylation is 1. The summed E-state index contributed by atoms with van der Waals surface area (Å²) >= 11 is 0. The number of allylic oxidation sites excluding steroid dienone is 2. The van der Waals surface area contributed by atoms with Crippen LogP contribution in [0.4, 0.5) is 5.69 Å². The van der Waals surface area contributed by atoms with Gasteiger partial charge in [-0.2, -0.15) is 0 Å². The molecular formula is C39H48N4O10+2. The second kappa shape index (κ2) is 14.1. The van der Waals surface area contributed by atoms with E-state index in [0.717, 1.165) is 75.8 Å². The lowest BCUT2D eigenvalue weighted by Crippen LogP contribution is -3.11. The van der Waals surface area contributed by atoms with E-state index in [1.807, 2.05) is 25.3 Å². The number of fused-ring (bicyclic) bond motifs is 4. The minimum atomic E-state index is -2.30. The van der Waals surface area contributed by atoms with Crippen molar-refractivity contribution >= 4 is 29.1 Å². The molecule has 8 unspecified atom stereocenters. The molecule has 1 saturated carbocycles. The molecule has 1 aliphatic carbocycles. The van der Waals surface area contributed by atoms with Gasteiger partial charge in [-0.25, -0.2) is 9.78 Å². The molecule has 0 saturated heterocycles. The smallest absolute Gasteiger partial charge is 0.222 e. The number of aliphatic imine (C=N–C) groups is 2. The first-order chi connectivity index (χ1) is 25.5. The van der Waals surface area contributed by atoms with Crippen molar-refractivity contribution in [2.45, 2.75) is 88.0 Å². The zero-order valence-electron chi connectivity index (χ0n) is 30.0. The van der Waals surface area contributed by atoms with Crippen LogP contribution in [-0.4, -0.2) is 106 Å². The lowest BCUT2D eigenvalue weighted by Gasteiger charge is -2.47. The van der Waals surface area contributed by atoms with Gasteiger partial charge in [0.15, 0.2) is 22.5 Å². The second-order valence-corrected chi connectivity index (χ2v) is 15.4. The van der Waals surface area contributed by atoms with Crippen molar-refractivity contribution in [3.05, 3.63) is 80.8 Å². The van der Waals surface area contributed by atoms with Crippen molar-refractivity contribution in [3.8, 4) is 5.75 Å². The normalized spacial score (nSPS) is 29.1. The Labute approximate surface area is 306 Å². The van der Waals surface area contributed by atoms with Crippen molar-refractivity contribution in [3.63, 3.8) is 0 Å². The summed E-state index contributed by atoms with van der Waals surface area (Å²) in [6.07, 6.45) is 10.4. The van der Waals surface area contributed by atoms with E-state index < -0.39 is 48.8 Å². The number of benzene rings is 1. The van der Waals surface area contributed by atoms with Gasteiger partial charge in [0, 0.05) is 54.1 Å². The van der Waals surface area contributed by atoms with E-state index >= 15 is 0 Å². The topological polar surface area (TPSA) is 193 Å². The van der Waals surface area contributed by atoms with Gasteiger partial charge in [0.25, 0.3) is 0 Å². The summed E-state index contributed by atoms with van der Waals surface area (Å²) in [4.78, 5) is 35.8. The number of aliphatic hydroxyl groups excluding tert-OH is 4. The first kappa shape index (κ1) is 36.2. The third-order valence-corrected chi connectivity index (χ3v) is 12.0. The molecule has 1 fully saturated rings. The predicted octanol–water partition coefficient (Wildman–Crippen LogP) is -0.369. The number of nitrogens with zero attached hydrogens (tertiary/aromatic N) is 2. The maximum absolute atomic E-state index is 13.4. The second-order valence-electron chi connectivity index (χ2n) is 15.4. The number of aliphatic hydroxyl groups is 5. The molecule has 6 heterocycles. The average molecular weight is 733 g/mol. The highest BCUT2D eigenvalue weighted by Crippen LogP contribution is 2.48. The van der Waals surface area contributed by atoms with E-state index in [2.05, 4.69) is 9.98 Å². The molecule has 0 bridgehead atoms. The van der Waals surface area contributed by atoms with Crippen LogP contribution in [-0.2, 0) is 16.2 Å². The maximum Gasteiger partial charge on any atom is 0.222 e. The van der Waals surface area contributed by atoms with Crippen LogP contribution < -0.4 is 20.0 Å². The quantitative estimate of drug-likeness (QED) is 0.112. The van der Waals surface area contributed by atoms with Crippen LogP contribution in [0.25, 0.3) is 11.0 Å². The summed E-state index contributed by atoms with van der Waals surface area (Å²) in [6, 6.07) is 3.28. The van der Waals surface area contributed by atoms with E-state index in [0.29, 0.717) is 42.0 Å². The van der Waals surface area contributed by atoms with Crippen LogP contribution in [0.15, 0.2) is 78.4 Å². The zero-order chi connectivity index (χ0) is 37.1. The molecule has 1 aromatic carbocycles. The minimum Gasteiger partial charge on any atom is -0.478 e. The number of rotatable bonds is 12. The molecule has 282 valence electrons. The summed E-state index contributed by atoms with van der Waals surface area (Å²) < 4.78 is 13.4. The lowest BCUT2D eigenvalue weighted by atomic mass is 9.72. The Morgan fingerprint density at radius 2 is 1.87 bits per heavy atom. The molecule has 8 atom stereocenters. The van der Waals surface area contributed by atoms with Crippen LogP contribution in [0, 0.1) is 12.8 Å². The Morgan fingerprint density at radius 1 is 1.09 bits per heavy atom. The number of ether oxygens (including phenoxy) is 1. The van der Waals surface area contributed by atoms with Crippen molar-refractivity contribution in [1.82, 2.24) is 0 Å². The van der Waals surface area contributed by atoms with Gasteiger partial charge in [-0.05, 0) is 38.8 Å². The Balaban J connectivity index is 1.10. The van der Waals surface area contributed by atoms with Crippen LogP contribution in [0.2, 0.25) is 0 Å². The largest absolute Gasteiger partial charge is 0.478 e. The molecule has 8 rings (SSSR count). The first-order valence-corrected chi connectivity index (χ1v) is 18.6. The highest BCUT2D eigenvalue weighted by Gasteiger charge is 2.53. The van der Waals surface area contributed by atoms with Gasteiger partial charge in [-0.15, -0.1) is 0 Å². The highest BCUT2D eigenvalue weighted by atomic mass is 17.2. The Hall–Kier alpha value is -3.83. The van der Waals surface area contributed by atoms with Crippen molar-refractivity contribution in [1.29, 1.82) is 0 Å². The fraction of sp³-hybridized carbons (Fsp3) is 0.513. The number of hydrogen-bond donors (Lipinski definition) is 7. The van der Waals surface area contributed by atoms with Gasteiger partial charge in [0.1, 0.15) is 79.6 Å². The van der Waals surface area contributed by atoms with Gasteiger partial charge in [-0.3, -0.25) is 24.6 Å². The van der Waals surface area contributed by atoms with E-state index in [9.17, 15) is 30.3 Å². The molecule has 14 heteroatoms. The number of nitrogens with one attached hydrogen (secondary N) is 2. The van der Waals surface area contributed by atoms with Gasteiger partial charge in [-0.1, -0.05) is 19.3 Å². The van der Waals surface area contributed by atoms with E-state index in [-0.39, 0.29) is 17.9 Å². The van der Waals surface area contributed by atoms with Gasteiger partial charge >= 0.3 is 0 Å². The zero-order valence-corrected chi connectivity index (χ0v) is 30.0. The molecule has 0 radical (unpaired) electrons. The van der Waals surface area contributed by atoms with E-state index in [1.54, 1.807) is 31.5 Å². The van der Waals surface area contributed by atoms with Crippen molar-refractivity contribution < 1.29 is 54.3 Å². The first-order valence-electron chi connectivity index (χ1n) is 18.6. The minimum absolute atomic E-state index is 0.0930. The summed E-state index contributed by atoms with van der Waals surface area (Å²) in [7, 11) is 0. The van der Waals surface area contributed by atoms with Gasteiger partial charge < -0.3 is 34.7 Å². The molecule has 0 amide bonds. The predicted molar refractivity (Wildman–Crippen MR) is 193 cm³/mol. The monoisotopic (exact) mass is 732 g/mol. The molecule has 0 spiro atoms. The average Bonchev–Trinajstić information content (AvgIpc) is 3.95. The molecule has 6 aliphatic rings. The summed E-state index contributed by atoms with van der Waals surface area (Å²) in [5.41, 5.74) is 2.09. The standard InChI is InChI=1S/C39H46N4O10/c1-22-14-30(45)26-15-24-16-33(53-50-20-32(47)39(49,37(48)31(46)19-44)21-42-13-10-27-29(42)9-12-40-27)38(2,25-6-4-3-5-7-25)52-35(24)34(36(26)51-22)43-17-23-8-11-41-28(23)18-43/h8-12,14-15,18,25,31-33,37,44,46-49H,3-7,13,16-17,19-21H2,1-2H3/p+2. The third kappa shape index (κ3) is 6.35. The molecule has 7 N–H and O–H groups in total.